The molecular formula is C17H27N. The fourth-order valence-corrected chi connectivity index (χ4v) is 3.28. The van der Waals surface area contributed by atoms with Gasteiger partial charge in [0, 0.05) is 12.6 Å². The van der Waals surface area contributed by atoms with Crippen LogP contribution in [0.4, 0.5) is 0 Å². The summed E-state index contributed by atoms with van der Waals surface area (Å²) in [6.45, 7) is 8.16. The van der Waals surface area contributed by atoms with Crippen molar-refractivity contribution >= 4 is 0 Å². The minimum Gasteiger partial charge on any atom is -0.310 e. The average molecular weight is 245 g/mol. The lowest BCUT2D eigenvalue weighted by Crippen LogP contribution is -2.42. The lowest BCUT2D eigenvalue weighted by molar-refractivity contribution is 0.169. The van der Waals surface area contributed by atoms with Crippen molar-refractivity contribution in [2.24, 2.45) is 17.8 Å². The molecule has 1 nitrogen and oxygen atoms in total. The molecule has 1 N–H and O–H groups in total. The highest BCUT2D eigenvalue weighted by atomic mass is 14.9. The van der Waals surface area contributed by atoms with Crippen LogP contribution in [-0.2, 0) is 6.54 Å². The van der Waals surface area contributed by atoms with Gasteiger partial charge in [-0.1, -0.05) is 57.5 Å². The Balaban J connectivity index is 1.92. The zero-order valence-corrected chi connectivity index (χ0v) is 12.0. The summed E-state index contributed by atoms with van der Waals surface area (Å²) in [5.41, 5.74) is 1.40. The normalized spacial score (nSPS) is 28.6. The number of rotatable bonds is 4. The van der Waals surface area contributed by atoms with Crippen molar-refractivity contribution in [2.45, 2.75) is 52.6 Å². The van der Waals surface area contributed by atoms with Crippen LogP contribution in [0, 0.1) is 17.8 Å². The standard InChI is InChI=1S/C17H27N/c1-13(2)16-10-9-14(3)11-17(16)18-12-15-7-5-4-6-8-15/h4-8,13-14,16-18H,9-12H2,1-3H3/t14-,16-,17+/m1/s1. The Labute approximate surface area is 112 Å². The van der Waals surface area contributed by atoms with Gasteiger partial charge in [0.25, 0.3) is 0 Å². The maximum atomic E-state index is 3.80. The minimum atomic E-state index is 0.703. The third-order valence-corrected chi connectivity index (χ3v) is 4.43. The van der Waals surface area contributed by atoms with E-state index < -0.39 is 0 Å². The van der Waals surface area contributed by atoms with E-state index >= 15 is 0 Å². The predicted octanol–water partition coefficient (Wildman–Crippen LogP) is 4.24. The molecule has 0 heterocycles. The molecule has 0 spiro atoms. The van der Waals surface area contributed by atoms with Crippen LogP contribution in [0.25, 0.3) is 0 Å². The summed E-state index contributed by atoms with van der Waals surface area (Å²) in [6.07, 6.45) is 4.15. The van der Waals surface area contributed by atoms with E-state index in [-0.39, 0.29) is 0 Å². The van der Waals surface area contributed by atoms with Gasteiger partial charge < -0.3 is 5.32 Å². The topological polar surface area (TPSA) is 12.0 Å². The fraction of sp³-hybridized carbons (Fsp3) is 0.647. The van der Waals surface area contributed by atoms with Gasteiger partial charge in [0.05, 0.1) is 0 Å². The van der Waals surface area contributed by atoms with Crippen molar-refractivity contribution in [3.63, 3.8) is 0 Å². The molecule has 1 fully saturated rings. The van der Waals surface area contributed by atoms with Crippen LogP contribution in [0.5, 0.6) is 0 Å². The highest BCUT2D eigenvalue weighted by molar-refractivity contribution is 5.14. The van der Waals surface area contributed by atoms with E-state index in [0.29, 0.717) is 6.04 Å². The van der Waals surface area contributed by atoms with Crippen molar-refractivity contribution in [2.75, 3.05) is 0 Å². The van der Waals surface area contributed by atoms with E-state index in [1.807, 2.05) is 0 Å². The Morgan fingerprint density at radius 2 is 1.89 bits per heavy atom. The summed E-state index contributed by atoms with van der Waals surface area (Å²) in [7, 11) is 0. The molecule has 100 valence electrons. The summed E-state index contributed by atoms with van der Waals surface area (Å²) in [6, 6.07) is 11.5. The van der Waals surface area contributed by atoms with Crippen molar-refractivity contribution in [1.82, 2.24) is 5.32 Å². The van der Waals surface area contributed by atoms with Gasteiger partial charge in [0.15, 0.2) is 0 Å². The van der Waals surface area contributed by atoms with Gasteiger partial charge in [-0.3, -0.25) is 0 Å². The molecule has 18 heavy (non-hydrogen) atoms. The van der Waals surface area contributed by atoms with Gasteiger partial charge in [-0.2, -0.15) is 0 Å². The molecule has 0 aliphatic heterocycles. The molecule has 0 saturated heterocycles. The van der Waals surface area contributed by atoms with E-state index in [4.69, 9.17) is 0 Å². The molecule has 2 rings (SSSR count). The van der Waals surface area contributed by atoms with E-state index in [1.54, 1.807) is 0 Å². The van der Waals surface area contributed by atoms with Crippen LogP contribution >= 0.6 is 0 Å². The summed E-state index contributed by atoms with van der Waals surface area (Å²) in [5, 5.41) is 3.80. The Hall–Kier alpha value is -0.820. The first-order chi connectivity index (χ1) is 8.66. The van der Waals surface area contributed by atoms with Crippen molar-refractivity contribution < 1.29 is 0 Å². The SMILES string of the molecule is CC(C)[C@H]1CC[C@@H](C)C[C@@H]1NCc1ccccc1. The average Bonchev–Trinajstić information content (AvgIpc) is 2.37. The van der Waals surface area contributed by atoms with Crippen molar-refractivity contribution in [1.29, 1.82) is 0 Å². The molecule has 0 aromatic heterocycles. The van der Waals surface area contributed by atoms with Crippen molar-refractivity contribution in [3.05, 3.63) is 35.9 Å². The molecule has 0 unspecified atom stereocenters. The van der Waals surface area contributed by atoms with Gasteiger partial charge in [-0.15, -0.1) is 0 Å². The van der Waals surface area contributed by atoms with Crippen LogP contribution in [-0.4, -0.2) is 6.04 Å². The number of hydrogen-bond acceptors (Lipinski definition) is 1. The van der Waals surface area contributed by atoms with E-state index in [9.17, 15) is 0 Å². The molecule has 3 atom stereocenters. The lowest BCUT2D eigenvalue weighted by atomic mass is 9.74. The largest absolute Gasteiger partial charge is 0.310 e. The summed E-state index contributed by atoms with van der Waals surface area (Å²) in [5.74, 6) is 2.53. The second kappa shape index (κ2) is 6.38. The fourth-order valence-electron chi connectivity index (χ4n) is 3.28. The number of benzene rings is 1. The van der Waals surface area contributed by atoms with Crippen LogP contribution < -0.4 is 5.32 Å². The molecule has 1 aromatic rings. The number of hydrogen-bond donors (Lipinski definition) is 1. The molecule has 0 bridgehead atoms. The van der Waals surface area contributed by atoms with Crippen LogP contribution in [0.15, 0.2) is 30.3 Å². The summed E-state index contributed by atoms with van der Waals surface area (Å²) in [4.78, 5) is 0. The molecule has 1 aliphatic carbocycles. The second-order valence-corrected chi connectivity index (χ2v) is 6.30. The second-order valence-electron chi connectivity index (χ2n) is 6.30. The Kier molecular flexibility index (Phi) is 4.82. The van der Waals surface area contributed by atoms with E-state index in [2.05, 4.69) is 56.4 Å². The smallest absolute Gasteiger partial charge is 0.0208 e. The van der Waals surface area contributed by atoms with Crippen LogP contribution in [0.2, 0.25) is 0 Å². The van der Waals surface area contributed by atoms with Gasteiger partial charge in [0.1, 0.15) is 0 Å². The van der Waals surface area contributed by atoms with Crippen LogP contribution in [0.1, 0.15) is 45.6 Å². The lowest BCUT2D eigenvalue weighted by Gasteiger charge is -2.38. The first-order valence-electron chi connectivity index (χ1n) is 7.44. The van der Waals surface area contributed by atoms with Crippen molar-refractivity contribution in [3.8, 4) is 0 Å². The molecule has 1 aromatic carbocycles. The molecule has 0 radical (unpaired) electrons. The predicted molar refractivity (Wildman–Crippen MR) is 78.4 cm³/mol. The zero-order chi connectivity index (χ0) is 13.0. The van der Waals surface area contributed by atoms with Gasteiger partial charge in [0.2, 0.25) is 0 Å². The van der Waals surface area contributed by atoms with E-state index in [1.165, 1.54) is 24.8 Å². The maximum Gasteiger partial charge on any atom is 0.0208 e. The summed E-state index contributed by atoms with van der Waals surface area (Å²) < 4.78 is 0. The monoisotopic (exact) mass is 245 g/mol. The number of nitrogens with one attached hydrogen (secondary N) is 1. The molecular weight excluding hydrogens is 218 g/mol. The molecule has 1 aliphatic rings. The van der Waals surface area contributed by atoms with Gasteiger partial charge in [-0.05, 0) is 36.2 Å². The molecule has 1 saturated carbocycles. The minimum absolute atomic E-state index is 0.703. The first-order valence-corrected chi connectivity index (χ1v) is 7.44. The maximum absolute atomic E-state index is 3.80. The Bertz CT molecular complexity index is 344. The molecule has 1 heteroatoms. The third-order valence-electron chi connectivity index (χ3n) is 4.43. The van der Waals surface area contributed by atoms with Crippen LogP contribution in [0.3, 0.4) is 0 Å². The zero-order valence-electron chi connectivity index (χ0n) is 12.0. The molecule has 0 amide bonds. The van der Waals surface area contributed by atoms with E-state index in [0.717, 1.165) is 24.3 Å². The van der Waals surface area contributed by atoms with Gasteiger partial charge >= 0.3 is 0 Å². The van der Waals surface area contributed by atoms with Gasteiger partial charge in [-0.25, -0.2) is 0 Å². The first kappa shape index (κ1) is 13.6. The third kappa shape index (κ3) is 3.58. The Morgan fingerprint density at radius 3 is 2.56 bits per heavy atom. The highest BCUT2D eigenvalue weighted by Crippen LogP contribution is 2.33. The summed E-state index contributed by atoms with van der Waals surface area (Å²) >= 11 is 0. The Morgan fingerprint density at radius 1 is 1.17 bits per heavy atom. The highest BCUT2D eigenvalue weighted by Gasteiger charge is 2.29. The quantitative estimate of drug-likeness (QED) is 0.836.